The quantitative estimate of drug-likeness (QED) is 0.497. The maximum absolute atomic E-state index is 12.5. The number of carboxylic acids is 1. The van der Waals surface area contributed by atoms with Crippen LogP contribution in [0.5, 0.6) is 0 Å². The van der Waals surface area contributed by atoms with Gasteiger partial charge in [-0.25, -0.2) is 14.4 Å². The van der Waals surface area contributed by atoms with E-state index >= 15 is 0 Å². The van der Waals surface area contributed by atoms with E-state index in [9.17, 15) is 24.6 Å². The average Bonchev–Trinajstić information content (AvgIpc) is 2.71. The summed E-state index contributed by atoms with van der Waals surface area (Å²) in [6.45, 7) is 0. The Morgan fingerprint density at radius 1 is 1.21 bits per heavy atom. The molecule has 1 amide bonds. The molecule has 1 aromatic rings. The summed E-state index contributed by atoms with van der Waals surface area (Å²) in [6, 6.07) is 5.80. The first-order chi connectivity index (χ1) is 13.7. The van der Waals surface area contributed by atoms with E-state index in [0.717, 1.165) is 0 Å². The third-order valence-electron chi connectivity index (χ3n) is 4.84. The van der Waals surface area contributed by atoms with Gasteiger partial charge in [-0.15, -0.1) is 0 Å². The molecule has 0 spiro atoms. The van der Waals surface area contributed by atoms with Crippen LogP contribution in [0.3, 0.4) is 0 Å². The Morgan fingerprint density at radius 2 is 1.86 bits per heavy atom. The number of carbonyl (C=O) groups excluding carboxylic acids is 2. The van der Waals surface area contributed by atoms with Crippen molar-refractivity contribution >= 4 is 23.7 Å². The molecule has 1 unspecified atom stereocenters. The van der Waals surface area contributed by atoms with Crippen molar-refractivity contribution in [2.75, 3.05) is 19.1 Å². The minimum Gasteiger partial charge on any atom is -0.479 e. The molecule has 1 aliphatic rings. The van der Waals surface area contributed by atoms with Crippen molar-refractivity contribution in [3.8, 4) is 0 Å². The van der Waals surface area contributed by atoms with E-state index < -0.39 is 35.8 Å². The second-order valence-electron chi connectivity index (χ2n) is 6.84. The van der Waals surface area contributed by atoms with Gasteiger partial charge in [-0.2, -0.15) is 0 Å². The molecule has 0 bridgehead atoms. The highest BCUT2D eigenvalue weighted by atomic mass is 16.6. The largest absolute Gasteiger partial charge is 0.479 e. The first-order valence-electron chi connectivity index (χ1n) is 9.10. The predicted molar refractivity (Wildman–Crippen MR) is 102 cm³/mol. The number of hydrogen-bond donors (Lipinski definition) is 3. The number of benzene rings is 1. The van der Waals surface area contributed by atoms with Crippen LogP contribution in [-0.2, 0) is 19.1 Å². The fourth-order valence-corrected chi connectivity index (χ4v) is 3.00. The summed E-state index contributed by atoms with van der Waals surface area (Å²) >= 11 is 0. The van der Waals surface area contributed by atoms with Crippen LogP contribution in [0, 0.1) is 0 Å². The number of nitrogens with zero attached hydrogens (tertiary/aromatic N) is 1. The third-order valence-corrected chi connectivity index (χ3v) is 4.84. The lowest BCUT2D eigenvalue weighted by Gasteiger charge is -2.28. The number of methoxy groups -OCH3 is 1. The Bertz CT molecular complexity index is 775. The molecule has 1 aliphatic carbocycles. The molecule has 29 heavy (non-hydrogen) atoms. The molecule has 3 atom stereocenters. The van der Waals surface area contributed by atoms with Gasteiger partial charge in [0.05, 0.1) is 7.11 Å². The number of aliphatic hydroxyl groups is 2. The number of aliphatic hydroxyl groups excluding tert-OH is 1. The number of allylic oxidation sites excluding steroid dienone is 1. The van der Waals surface area contributed by atoms with Gasteiger partial charge in [0.25, 0.3) is 0 Å². The third kappa shape index (κ3) is 5.55. The number of esters is 1. The molecule has 0 radical (unpaired) electrons. The molecule has 0 saturated carbocycles. The maximum Gasteiger partial charge on any atom is 0.414 e. The summed E-state index contributed by atoms with van der Waals surface area (Å²) in [5, 5.41) is 28.8. The van der Waals surface area contributed by atoms with Crippen LogP contribution >= 0.6 is 0 Å². The molecule has 2 rings (SSSR count). The van der Waals surface area contributed by atoms with Crippen LogP contribution in [0.4, 0.5) is 10.5 Å². The lowest BCUT2D eigenvalue weighted by Crippen LogP contribution is -2.41. The number of aliphatic carboxylic acids is 1. The van der Waals surface area contributed by atoms with Crippen molar-refractivity contribution < 1.29 is 39.2 Å². The Balaban J connectivity index is 2.02. The molecule has 0 aliphatic heterocycles. The first kappa shape index (κ1) is 22.4. The fraction of sp³-hybridized carbons (Fsp3) is 0.450. The molecular formula is C20H25NO8. The lowest BCUT2D eigenvalue weighted by molar-refractivity contribution is -0.164. The highest BCUT2D eigenvalue weighted by Gasteiger charge is 2.37. The Morgan fingerprint density at radius 3 is 2.45 bits per heavy atom. The van der Waals surface area contributed by atoms with Crippen molar-refractivity contribution in [1.29, 1.82) is 0 Å². The number of anilines is 1. The van der Waals surface area contributed by atoms with Crippen molar-refractivity contribution in [2.24, 2.45) is 0 Å². The summed E-state index contributed by atoms with van der Waals surface area (Å²) in [5.41, 5.74) is -0.984. The van der Waals surface area contributed by atoms with Crippen LogP contribution in [0.1, 0.15) is 37.4 Å². The second-order valence-corrected chi connectivity index (χ2v) is 6.84. The van der Waals surface area contributed by atoms with Gasteiger partial charge in [-0.05, 0) is 49.5 Å². The molecular weight excluding hydrogens is 382 g/mol. The Labute approximate surface area is 168 Å². The highest BCUT2D eigenvalue weighted by molar-refractivity contribution is 5.87. The number of hydrogen-bond acceptors (Lipinski definition) is 7. The van der Waals surface area contributed by atoms with Crippen LogP contribution in [0.2, 0.25) is 0 Å². The minimum absolute atomic E-state index is 0.0907. The topological polar surface area (TPSA) is 134 Å². The number of carboxylic acid groups (broad SMARTS) is 1. The molecule has 9 nitrogen and oxygen atoms in total. The standard InChI is InChI=1S/C20H25NO8/c1-21(14-8-6-13(7-9-14)16(22)17(23)24)19(26)29-15-5-3-4-11-20(27,12-10-15)18(25)28-2/h3,5-9,15-16,22,27H,4,10-12H2,1-2H3,(H,23,24)/b5-3-/t15-,16?,20-/m0/s1. The van der Waals surface area contributed by atoms with E-state index in [1.807, 2.05) is 0 Å². The zero-order chi connectivity index (χ0) is 21.6. The summed E-state index contributed by atoms with van der Waals surface area (Å²) in [4.78, 5) is 36.3. The van der Waals surface area contributed by atoms with Gasteiger partial charge in [0.15, 0.2) is 11.7 Å². The van der Waals surface area contributed by atoms with Crippen LogP contribution < -0.4 is 4.90 Å². The summed E-state index contributed by atoms with van der Waals surface area (Å²) in [7, 11) is 2.70. The molecule has 3 N–H and O–H groups in total. The highest BCUT2D eigenvalue weighted by Crippen LogP contribution is 2.27. The zero-order valence-corrected chi connectivity index (χ0v) is 16.3. The van der Waals surface area contributed by atoms with Crippen molar-refractivity contribution in [3.05, 3.63) is 42.0 Å². The van der Waals surface area contributed by atoms with Gasteiger partial charge in [-0.1, -0.05) is 18.2 Å². The van der Waals surface area contributed by atoms with Crippen molar-refractivity contribution in [1.82, 2.24) is 0 Å². The fourth-order valence-electron chi connectivity index (χ4n) is 3.00. The number of rotatable bonds is 5. The number of ether oxygens (including phenoxy) is 2. The van der Waals surface area contributed by atoms with Crippen molar-refractivity contribution in [2.45, 2.75) is 43.5 Å². The summed E-state index contributed by atoms with van der Waals surface area (Å²) < 4.78 is 10.1. The first-order valence-corrected chi connectivity index (χ1v) is 9.10. The number of amides is 1. The zero-order valence-electron chi connectivity index (χ0n) is 16.3. The van der Waals surface area contributed by atoms with Gasteiger partial charge in [0, 0.05) is 12.7 Å². The predicted octanol–water partition coefficient (Wildman–Crippen LogP) is 1.78. The van der Waals surface area contributed by atoms with E-state index in [0.29, 0.717) is 12.1 Å². The molecule has 0 saturated heterocycles. The molecule has 1 aromatic carbocycles. The van der Waals surface area contributed by atoms with Crippen LogP contribution in [0.25, 0.3) is 0 Å². The Kier molecular flexibility index (Phi) is 7.35. The summed E-state index contributed by atoms with van der Waals surface area (Å²) in [5.74, 6) is -2.08. The maximum atomic E-state index is 12.5. The van der Waals surface area contributed by atoms with E-state index in [1.165, 1.54) is 43.3 Å². The van der Waals surface area contributed by atoms with Gasteiger partial charge in [-0.3, -0.25) is 4.90 Å². The molecule has 0 fully saturated rings. The van der Waals surface area contributed by atoms with Crippen molar-refractivity contribution in [3.63, 3.8) is 0 Å². The molecule has 158 valence electrons. The summed E-state index contributed by atoms with van der Waals surface area (Å²) in [6.07, 6.45) is 1.52. The Hall–Kier alpha value is -2.91. The van der Waals surface area contributed by atoms with E-state index in [-0.39, 0.29) is 24.8 Å². The van der Waals surface area contributed by atoms with E-state index in [1.54, 1.807) is 12.2 Å². The van der Waals surface area contributed by atoms with Crippen LogP contribution in [-0.4, -0.2) is 59.2 Å². The minimum atomic E-state index is -1.64. The SMILES string of the molecule is COC(=O)[C@]1(O)CC/C=C\[C@H](OC(=O)N(C)c2ccc(C(O)C(=O)O)cc2)CC1. The average molecular weight is 407 g/mol. The lowest BCUT2D eigenvalue weighted by atomic mass is 9.88. The monoisotopic (exact) mass is 407 g/mol. The smallest absolute Gasteiger partial charge is 0.414 e. The van der Waals surface area contributed by atoms with Gasteiger partial charge < -0.3 is 24.8 Å². The molecule has 0 heterocycles. The van der Waals surface area contributed by atoms with Gasteiger partial charge >= 0.3 is 18.0 Å². The van der Waals surface area contributed by atoms with Gasteiger partial charge in [0.1, 0.15) is 6.10 Å². The van der Waals surface area contributed by atoms with E-state index in [2.05, 4.69) is 4.74 Å². The normalized spacial score (nSPS) is 23.8. The van der Waals surface area contributed by atoms with Gasteiger partial charge in [0.2, 0.25) is 0 Å². The molecule has 0 aromatic heterocycles. The second kappa shape index (κ2) is 9.53. The number of carbonyl (C=O) groups is 3. The van der Waals surface area contributed by atoms with E-state index in [4.69, 9.17) is 9.84 Å². The van der Waals surface area contributed by atoms with Crippen LogP contribution in [0.15, 0.2) is 36.4 Å². The molecule has 9 heteroatoms.